The molecule has 3 N–H and O–H groups in total. The molecule has 2 rings (SSSR count). The van der Waals surface area contributed by atoms with Gasteiger partial charge in [-0.1, -0.05) is 6.07 Å². The number of nitrogens with zero attached hydrogens (tertiary/aromatic N) is 2. The molecule has 0 bridgehead atoms. The molecule has 0 spiro atoms. The van der Waals surface area contributed by atoms with E-state index in [4.69, 9.17) is 5.26 Å². The van der Waals surface area contributed by atoms with Gasteiger partial charge >= 0.3 is 7.60 Å². The summed E-state index contributed by atoms with van der Waals surface area (Å²) < 4.78 is 54.4. The summed E-state index contributed by atoms with van der Waals surface area (Å²) >= 11 is 1.03. The fraction of sp³-hybridized carbons (Fsp3) is 0.421. The van der Waals surface area contributed by atoms with Crippen molar-refractivity contribution in [1.29, 1.82) is 5.26 Å². The van der Waals surface area contributed by atoms with Crippen molar-refractivity contribution in [1.82, 2.24) is 4.72 Å². The second-order valence-corrected chi connectivity index (χ2v) is 11.9. The van der Waals surface area contributed by atoms with Crippen molar-refractivity contribution in [3.05, 3.63) is 52.2 Å². The summed E-state index contributed by atoms with van der Waals surface area (Å²) in [5.41, 5.74) is -0.591. The van der Waals surface area contributed by atoms with E-state index in [9.17, 15) is 27.2 Å². The van der Waals surface area contributed by atoms with Crippen LogP contribution in [0.5, 0.6) is 0 Å². The van der Waals surface area contributed by atoms with Gasteiger partial charge in [0.25, 0.3) is 10.0 Å². The van der Waals surface area contributed by atoms with Crippen molar-refractivity contribution in [2.75, 3.05) is 19.6 Å². The van der Waals surface area contributed by atoms with E-state index in [1.54, 1.807) is 12.1 Å². The second kappa shape index (κ2) is 9.88. The van der Waals surface area contributed by atoms with E-state index in [2.05, 4.69) is 20.8 Å². The summed E-state index contributed by atoms with van der Waals surface area (Å²) in [6, 6.07) is 7.60. The lowest BCUT2D eigenvalue weighted by Gasteiger charge is -2.35. The minimum absolute atomic E-state index is 0.0866. The van der Waals surface area contributed by atoms with Crippen molar-refractivity contribution < 1.29 is 31.6 Å². The number of nitrogens with one attached hydrogen (secondary N) is 1. The molecule has 8 nitrogen and oxygen atoms in total. The maximum atomic E-state index is 14.0. The molecule has 1 unspecified atom stereocenters. The van der Waals surface area contributed by atoms with Crippen molar-refractivity contribution in [2.45, 2.75) is 37.3 Å². The van der Waals surface area contributed by atoms with Crippen LogP contribution in [0.1, 0.15) is 42.6 Å². The summed E-state index contributed by atoms with van der Waals surface area (Å²) in [5, 5.41) is 8.82. The van der Waals surface area contributed by atoms with Crippen LogP contribution in [0.2, 0.25) is 0 Å². The largest absolute Gasteiger partial charge is 0.347 e. The van der Waals surface area contributed by atoms with Crippen LogP contribution in [0.25, 0.3) is 0 Å². The fourth-order valence-corrected chi connectivity index (χ4v) is 7.33. The minimum Gasteiger partial charge on any atom is -0.323 e. The van der Waals surface area contributed by atoms with Gasteiger partial charge in [0, 0.05) is 0 Å². The highest BCUT2D eigenvalue weighted by molar-refractivity contribution is 7.91. The predicted octanol–water partition coefficient (Wildman–Crippen LogP) is 3.29. The average molecular weight is 491 g/mol. The lowest BCUT2D eigenvalue weighted by Crippen LogP contribution is -2.46. The smallest absolute Gasteiger partial charge is 0.323 e. The van der Waals surface area contributed by atoms with Crippen LogP contribution in [0.3, 0.4) is 0 Å². The Morgan fingerprint density at radius 1 is 1.19 bits per heavy atom. The number of benzene rings is 1. The third-order valence-corrected chi connectivity index (χ3v) is 9.70. The third kappa shape index (κ3) is 5.99. The van der Waals surface area contributed by atoms with Gasteiger partial charge < -0.3 is 14.3 Å². The molecule has 0 radical (unpaired) electrons. The first-order valence-electron chi connectivity index (χ1n) is 9.62. The Labute approximate surface area is 185 Å². The summed E-state index contributed by atoms with van der Waals surface area (Å²) in [4.78, 5) is 20.3. The highest BCUT2D eigenvalue weighted by Gasteiger charge is 2.36. The fourth-order valence-electron chi connectivity index (χ4n) is 3.25. The van der Waals surface area contributed by atoms with Gasteiger partial charge in [0.15, 0.2) is 0 Å². The van der Waals surface area contributed by atoms with Crippen molar-refractivity contribution >= 4 is 29.0 Å². The van der Waals surface area contributed by atoms with Gasteiger partial charge in [-0.3, -0.25) is 4.57 Å². The Balaban J connectivity index is 2.36. The summed E-state index contributed by atoms with van der Waals surface area (Å²) in [6.07, 6.45) is 0. The van der Waals surface area contributed by atoms with Crippen LogP contribution >= 0.6 is 18.9 Å². The number of quaternary nitrogens is 1. The molecule has 1 aromatic carbocycles. The number of hydrogen-bond donors (Lipinski definition) is 3. The highest BCUT2D eigenvalue weighted by atomic mass is 32.2. The number of rotatable bonds is 10. The molecule has 170 valence electrons. The van der Waals surface area contributed by atoms with E-state index in [0.29, 0.717) is 6.54 Å². The number of halogens is 1. The molecule has 0 aliphatic heterocycles. The zero-order valence-electron chi connectivity index (χ0n) is 17.4. The molecule has 0 amide bonds. The molecule has 1 aromatic heterocycles. The maximum absolute atomic E-state index is 14.0. The number of nitriles is 1. The lowest BCUT2D eigenvalue weighted by molar-refractivity contribution is -0.935. The highest BCUT2D eigenvalue weighted by Crippen LogP contribution is 2.50. The molecule has 31 heavy (non-hydrogen) atoms. The molecule has 0 saturated heterocycles. The Bertz CT molecular complexity index is 1110. The van der Waals surface area contributed by atoms with E-state index in [1.165, 1.54) is 6.07 Å². The second-order valence-electron chi connectivity index (χ2n) is 7.13. The van der Waals surface area contributed by atoms with Crippen molar-refractivity contribution in [3.8, 4) is 6.07 Å². The molecule has 1 heterocycles. The minimum atomic E-state index is -5.04. The molecule has 2 aromatic rings. The lowest BCUT2D eigenvalue weighted by atomic mass is 10.1. The Morgan fingerprint density at radius 2 is 1.81 bits per heavy atom. The van der Waals surface area contributed by atoms with Crippen LogP contribution in [0, 0.1) is 17.1 Å². The van der Waals surface area contributed by atoms with Gasteiger partial charge in [-0.25, -0.2) is 12.8 Å². The van der Waals surface area contributed by atoms with Gasteiger partial charge in [-0.15, -0.1) is 11.3 Å². The van der Waals surface area contributed by atoms with E-state index >= 15 is 0 Å². The first-order chi connectivity index (χ1) is 14.4. The first-order valence-corrected chi connectivity index (χ1v) is 13.6. The predicted molar refractivity (Wildman–Crippen MR) is 116 cm³/mol. The summed E-state index contributed by atoms with van der Waals surface area (Å²) in [5.74, 6) is -2.98. The average Bonchev–Trinajstić information content (AvgIpc) is 3.19. The standard InChI is InChI=1S/C19H25FN3O5PS2/c1-4-23(5-2,6-3)13-16-9-10-18(30-16)31(27,28)22-19(29(24,25)26)14-7-8-15(12-21)17(20)11-14/h7-11,19,22H,4-6,13H2,1-3H3,(H-,24,25,26)/p+1. The molecule has 1 atom stereocenters. The van der Waals surface area contributed by atoms with Gasteiger partial charge in [0.2, 0.25) is 0 Å². The SMILES string of the molecule is CC[N+](CC)(CC)Cc1ccc(S(=O)(=O)NC(c2ccc(C#N)c(F)c2)P(=O)(O)O)s1. The summed E-state index contributed by atoms with van der Waals surface area (Å²) in [6.45, 7) is 9.51. The zero-order chi connectivity index (χ0) is 23.4. The van der Waals surface area contributed by atoms with Gasteiger partial charge in [0.05, 0.1) is 30.1 Å². The molecule has 12 heteroatoms. The van der Waals surface area contributed by atoms with Crippen molar-refractivity contribution in [3.63, 3.8) is 0 Å². The van der Waals surface area contributed by atoms with Crippen LogP contribution < -0.4 is 4.72 Å². The van der Waals surface area contributed by atoms with Crippen LogP contribution in [0.4, 0.5) is 4.39 Å². The molecular formula is C19H26FN3O5PS2+. The maximum Gasteiger partial charge on any atom is 0.347 e. The van der Waals surface area contributed by atoms with Gasteiger partial charge in [0.1, 0.15) is 28.4 Å². The monoisotopic (exact) mass is 490 g/mol. The molecule has 0 aliphatic carbocycles. The van der Waals surface area contributed by atoms with Crippen molar-refractivity contribution in [2.24, 2.45) is 0 Å². The van der Waals surface area contributed by atoms with Gasteiger partial charge in [-0.2, -0.15) is 9.98 Å². The topological polar surface area (TPSA) is 127 Å². The molecule has 0 aliphatic rings. The normalized spacial score (nSPS) is 13.7. The molecular weight excluding hydrogens is 464 g/mol. The number of sulfonamides is 1. The quantitative estimate of drug-likeness (QED) is 0.346. The molecule has 0 saturated carbocycles. The van der Waals surface area contributed by atoms with Gasteiger partial charge in [-0.05, 0) is 50.6 Å². The molecule has 0 fully saturated rings. The number of hydrogen-bond acceptors (Lipinski definition) is 5. The Hall–Kier alpha value is -1.64. The van der Waals surface area contributed by atoms with Crippen LogP contribution in [0.15, 0.2) is 34.5 Å². The third-order valence-electron chi connectivity index (χ3n) is 5.44. The Kier molecular flexibility index (Phi) is 8.16. The van der Waals surface area contributed by atoms with Crippen LogP contribution in [-0.4, -0.2) is 42.3 Å². The first kappa shape index (κ1) is 25.6. The Morgan fingerprint density at radius 3 is 2.29 bits per heavy atom. The van der Waals surface area contributed by atoms with Crippen LogP contribution in [-0.2, 0) is 21.1 Å². The van der Waals surface area contributed by atoms with E-state index in [1.807, 2.05) is 4.72 Å². The zero-order valence-corrected chi connectivity index (χ0v) is 20.0. The van der Waals surface area contributed by atoms with E-state index < -0.39 is 29.2 Å². The summed E-state index contributed by atoms with van der Waals surface area (Å²) in [7, 11) is -9.33. The number of thiophene rings is 1. The van der Waals surface area contributed by atoms with E-state index in [-0.39, 0.29) is 15.3 Å². The van der Waals surface area contributed by atoms with E-state index in [0.717, 1.165) is 58.5 Å².